The first-order valence-corrected chi connectivity index (χ1v) is 4.19. The van der Waals surface area contributed by atoms with E-state index in [9.17, 15) is 10.2 Å². The number of aliphatic hydroxyl groups is 3. The fourth-order valence-electron chi connectivity index (χ4n) is 1.34. The highest BCUT2D eigenvalue weighted by Gasteiger charge is 2.44. The van der Waals surface area contributed by atoms with Crippen LogP contribution in [-0.4, -0.2) is 45.8 Å². The van der Waals surface area contributed by atoms with Crippen LogP contribution in [0.1, 0.15) is 20.3 Å². The van der Waals surface area contributed by atoms with Crippen LogP contribution in [0, 0.1) is 0 Å². The zero-order valence-electron chi connectivity index (χ0n) is 7.40. The van der Waals surface area contributed by atoms with E-state index in [4.69, 9.17) is 9.84 Å². The molecule has 0 radical (unpaired) electrons. The molecule has 4 nitrogen and oxygen atoms in total. The van der Waals surface area contributed by atoms with Crippen LogP contribution in [0.4, 0.5) is 0 Å². The van der Waals surface area contributed by atoms with E-state index in [2.05, 4.69) is 0 Å². The van der Waals surface area contributed by atoms with Gasteiger partial charge < -0.3 is 20.1 Å². The van der Waals surface area contributed by atoms with Gasteiger partial charge in [-0.3, -0.25) is 0 Å². The fourth-order valence-corrected chi connectivity index (χ4v) is 1.34. The molecule has 12 heavy (non-hydrogen) atoms. The molecule has 3 N–H and O–H groups in total. The second-order valence-electron chi connectivity index (χ2n) is 3.48. The zero-order chi connectivity index (χ0) is 9.35. The van der Waals surface area contributed by atoms with Gasteiger partial charge in [-0.1, -0.05) is 6.92 Å². The molecule has 1 saturated heterocycles. The van der Waals surface area contributed by atoms with Gasteiger partial charge in [0.25, 0.3) is 0 Å². The van der Waals surface area contributed by atoms with Crippen molar-refractivity contribution in [1.29, 1.82) is 0 Å². The van der Waals surface area contributed by atoms with Gasteiger partial charge in [0, 0.05) is 0 Å². The average Bonchev–Trinajstić information content (AvgIpc) is 2.09. The van der Waals surface area contributed by atoms with E-state index < -0.39 is 23.9 Å². The second-order valence-corrected chi connectivity index (χ2v) is 3.48. The van der Waals surface area contributed by atoms with Crippen LogP contribution >= 0.6 is 0 Å². The molecule has 72 valence electrons. The van der Waals surface area contributed by atoms with Gasteiger partial charge in [-0.05, 0) is 13.3 Å². The first kappa shape index (κ1) is 9.92. The summed E-state index contributed by atoms with van der Waals surface area (Å²) in [4.78, 5) is 0. The van der Waals surface area contributed by atoms with Gasteiger partial charge in [0.1, 0.15) is 18.3 Å². The molecule has 4 unspecified atom stereocenters. The predicted octanol–water partition coefficient (Wildman–Crippen LogP) is -0.732. The van der Waals surface area contributed by atoms with Crippen molar-refractivity contribution in [3.05, 3.63) is 0 Å². The molecule has 1 heterocycles. The molecule has 0 aromatic carbocycles. The smallest absolute Gasteiger partial charge is 0.111 e. The van der Waals surface area contributed by atoms with Crippen LogP contribution in [0.15, 0.2) is 0 Å². The Kier molecular flexibility index (Phi) is 2.73. The predicted molar refractivity (Wildman–Crippen MR) is 42.7 cm³/mol. The summed E-state index contributed by atoms with van der Waals surface area (Å²) >= 11 is 0. The van der Waals surface area contributed by atoms with Gasteiger partial charge >= 0.3 is 0 Å². The fraction of sp³-hybridized carbons (Fsp3) is 1.00. The molecule has 1 fully saturated rings. The quantitative estimate of drug-likeness (QED) is 0.492. The lowest BCUT2D eigenvalue weighted by Crippen LogP contribution is -2.59. The Hall–Kier alpha value is -0.160. The van der Waals surface area contributed by atoms with Crippen molar-refractivity contribution in [3.8, 4) is 0 Å². The molecule has 0 aromatic heterocycles. The van der Waals surface area contributed by atoms with Gasteiger partial charge in [-0.2, -0.15) is 0 Å². The standard InChI is InChI=1S/C8H16O4/c1-3-8(2)7(11)6(10)5(9)4-12-8/h5-7,9-11H,3-4H2,1-2H3. The van der Waals surface area contributed by atoms with Crippen molar-refractivity contribution in [1.82, 2.24) is 0 Å². The molecule has 0 spiro atoms. The largest absolute Gasteiger partial charge is 0.388 e. The summed E-state index contributed by atoms with van der Waals surface area (Å²) in [7, 11) is 0. The van der Waals surface area contributed by atoms with E-state index in [-0.39, 0.29) is 6.61 Å². The minimum absolute atomic E-state index is 0.0859. The number of ether oxygens (including phenoxy) is 1. The molecule has 0 amide bonds. The van der Waals surface area contributed by atoms with Gasteiger partial charge in [0.15, 0.2) is 0 Å². The zero-order valence-corrected chi connectivity index (χ0v) is 7.40. The summed E-state index contributed by atoms with van der Waals surface area (Å²) in [6, 6.07) is 0. The lowest BCUT2D eigenvalue weighted by Gasteiger charge is -2.42. The van der Waals surface area contributed by atoms with Gasteiger partial charge in [-0.25, -0.2) is 0 Å². The lowest BCUT2D eigenvalue weighted by molar-refractivity contribution is -0.230. The van der Waals surface area contributed by atoms with Gasteiger partial charge in [-0.15, -0.1) is 0 Å². The molecule has 1 rings (SSSR count). The molecule has 0 aliphatic carbocycles. The minimum Gasteiger partial charge on any atom is -0.388 e. The van der Waals surface area contributed by atoms with E-state index in [0.29, 0.717) is 6.42 Å². The van der Waals surface area contributed by atoms with Crippen LogP contribution in [0.3, 0.4) is 0 Å². The first-order valence-electron chi connectivity index (χ1n) is 4.19. The van der Waals surface area contributed by atoms with E-state index in [1.54, 1.807) is 6.92 Å². The Bertz CT molecular complexity index is 161. The summed E-state index contributed by atoms with van der Waals surface area (Å²) in [5, 5.41) is 28.0. The third-order valence-electron chi connectivity index (χ3n) is 2.63. The molecule has 0 bridgehead atoms. The Balaban J connectivity index is 2.71. The van der Waals surface area contributed by atoms with Crippen LogP contribution in [-0.2, 0) is 4.74 Å². The summed E-state index contributed by atoms with van der Waals surface area (Å²) in [6.45, 7) is 3.68. The lowest BCUT2D eigenvalue weighted by atomic mass is 9.87. The summed E-state index contributed by atoms with van der Waals surface area (Å²) in [5.41, 5.74) is -0.724. The number of rotatable bonds is 1. The summed E-state index contributed by atoms with van der Waals surface area (Å²) < 4.78 is 5.25. The maximum Gasteiger partial charge on any atom is 0.111 e. The molecule has 0 aromatic rings. The summed E-state index contributed by atoms with van der Waals surface area (Å²) in [5.74, 6) is 0. The Morgan fingerprint density at radius 1 is 1.42 bits per heavy atom. The molecule has 1 aliphatic heterocycles. The van der Waals surface area contributed by atoms with Crippen molar-refractivity contribution >= 4 is 0 Å². The van der Waals surface area contributed by atoms with Crippen molar-refractivity contribution < 1.29 is 20.1 Å². The maximum atomic E-state index is 9.53. The SMILES string of the molecule is CCC1(C)OCC(O)C(O)C1O. The highest BCUT2D eigenvalue weighted by molar-refractivity contribution is 4.94. The van der Waals surface area contributed by atoms with E-state index in [1.165, 1.54) is 0 Å². The van der Waals surface area contributed by atoms with Crippen molar-refractivity contribution in [3.63, 3.8) is 0 Å². The van der Waals surface area contributed by atoms with Crippen LogP contribution < -0.4 is 0 Å². The van der Waals surface area contributed by atoms with Gasteiger partial charge in [0.05, 0.1) is 12.2 Å². The number of hydrogen-bond acceptors (Lipinski definition) is 4. The monoisotopic (exact) mass is 176 g/mol. The Morgan fingerprint density at radius 3 is 2.50 bits per heavy atom. The molecule has 0 saturated carbocycles. The maximum absolute atomic E-state index is 9.53. The van der Waals surface area contributed by atoms with Crippen molar-refractivity contribution in [2.45, 2.75) is 44.2 Å². The normalized spacial score (nSPS) is 49.2. The molecule has 1 aliphatic rings. The topological polar surface area (TPSA) is 69.9 Å². The molecular weight excluding hydrogens is 160 g/mol. The third-order valence-corrected chi connectivity index (χ3v) is 2.63. The van der Waals surface area contributed by atoms with Crippen molar-refractivity contribution in [2.75, 3.05) is 6.61 Å². The number of aliphatic hydroxyl groups excluding tert-OH is 3. The van der Waals surface area contributed by atoms with Crippen LogP contribution in [0.5, 0.6) is 0 Å². The Morgan fingerprint density at radius 2 is 2.00 bits per heavy atom. The van der Waals surface area contributed by atoms with Gasteiger partial charge in [0.2, 0.25) is 0 Å². The first-order chi connectivity index (χ1) is 5.51. The van der Waals surface area contributed by atoms with E-state index in [1.807, 2.05) is 6.92 Å². The summed E-state index contributed by atoms with van der Waals surface area (Å²) in [6.07, 6.45) is -2.47. The van der Waals surface area contributed by atoms with E-state index in [0.717, 1.165) is 0 Å². The highest BCUT2D eigenvalue weighted by atomic mass is 16.5. The molecule has 4 atom stereocenters. The van der Waals surface area contributed by atoms with E-state index >= 15 is 0 Å². The number of hydrogen-bond donors (Lipinski definition) is 3. The highest BCUT2D eigenvalue weighted by Crippen LogP contribution is 2.28. The van der Waals surface area contributed by atoms with Crippen molar-refractivity contribution in [2.24, 2.45) is 0 Å². The molecule has 4 heteroatoms. The Labute approximate surface area is 71.8 Å². The molecular formula is C8H16O4. The van der Waals surface area contributed by atoms with Crippen LogP contribution in [0.25, 0.3) is 0 Å². The minimum atomic E-state index is -1.09. The average molecular weight is 176 g/mol. The third kappa shape index (κ3) is 1.47. The second kappa shape index (κ2) is 3.30. The van der Waals surface area contributed by atoms with Crippen LogP contribution in [0.2, 0.25) is 0 Å².